The number of rotatable bonds is 5. The van der Waals surface area contributed by atoms with E-state index in [1.807, 2.05) is 6.07 Å². The number of hydrogen-bond acceptors (Lipinski definition) is 3. The minimum Gasteiger partial charge on any atom is -0.368 e. The van der Waals surface area contributed by atoms with Crippen molar-refractivity contribution >= 4 is 11.5 Å². The summed E-state index contributed by atoms with van der Waals surface area (Å²) in [5.74, 6) is 0.612. The first kappa shape index (κ1) is 13.7. The zero-order valence-electron chi connectivity index (χ0n) is 11.4. The number of Topliss-reactive ketones (excluding diaryl/α,β-unsaturated/α-hetero) is 1. The second-order valence-corrected chi connectivity index (χ2v) is 5.10. The molecular weight excluding hydrogens is 212 g/mol. The van der Waals surface area contributed by atoms with Gasteiger partial charge in [0.1, 0.15) is 5.69 Å². The Bertz CT molecular complexity index is 368. The molecule has 1 heterocycles. The van der Waals surface area contributed by atoms with Crippen molar-refractivity contribution in [3.05, 3.63) is 24.0 Å². The lowest BCUT2D eigenvalue weighted by molar-refractivity contribution is 0.101. The number of hydrogen-bond donors (Lipinski definition) is 0. The zero-order valence-corrected chi connectivity index (χ0v) is 11.4. The molecule has 0 spiro atoms. The summed E-state index contributed by atoms with van der Waals surface area (Å²) in [5.41, 5.74) is 1.61. The van der Waals surface area contributed by atoms with Crippen LogP contribution in [0.2, 0.25) is 0 Å². The Morgan fingerprint density at radius 1 is 1.29 bits per heavy atom. The molecule has 0 N–H and O–H groups in total. The molecule has 1 aromatic heterocycles. The summed E-state index contributed by atoms with van der Waals surface area (Å²) in [4.78, 5) is 17.7. The Morgan fingerprint density at radius 2 is 1.94 bits per heavy atom. The topological polar surface area (TPSA) is 33.2 Å². The van der Waals surface area contributed by atoms with Crippen molar-refractivity contribution in [1.82, 2.24) is 4.98 Å². The molecule has 0 bridgehead atoms. The van der Waals surface area contributed by atoms with Gasteiger partial charge in [0.2, 0.25) is 0 Å². The molecule has 0 radical (unpaired) electrons. The molecule has 0 unspecified atom stereocenters. The standard InChI is InChI=1S/C14H22N2O/c1-10(2)9-16(11(3)4)13-6-7-14(12(5)17)15-8-13/h6-8,10-11H,9H2,1-5H3. The average molecular weight is 234 g/mol. The molecule has 0 fully saturated rings. The first-order valence-corrected chi connectivity index (χ1v) is 6.15. The minimum absolute atomic E-state index is 0.0107. The summed E-state index contributed by atoms with van der Waals surface area (Å²) in [6.07, 6.45) is 1.79. The van der Waals surface area contributed by atoms with Crippen LogP contribution < -0.4 is 4.90 Å². The SMILES string of the molecule is CC(=O)c1ccc(N(CC(C)C)C(C)C)cn1. The highest BCUT2D eigenvalue weighted by Gasteiger charge is 2.13. The van der Waals surface area contributed by atoms with Crippen LogP contribution in [-0.4, -0.2) is 23.4 Å². The van der Waals surface area contributed by atoms with Crippen LogP contribution in [0.15, 0.2) is 18.3 Å². The molecule has 94 valence electrons. The van der Waals surface area contributed by atoms with Gasteiger partial charge in [-0.15, -0.1) is 0 Å². The maximum Gasteiger partial charge on any atom is 0.178 e. The Kier molecular flexibility index (Phi) is 4.67. The highest BCUT2D eigenvalue weighted by Crippen LogP contribution is 2.18. The molecule has 0 saturated carbocycles. The Hall–Kier alpha value is -1.38. The molecular formula is C14H22N2O. The van der Waals surface area contributed by atoms with E-state index in [0.717, 1.165) is 12.2 Å². The smallest absolute Gasteiger partial charge is 0.178 e. The summed E-state index contributed by atoms with van der Waals surface area (Å²) in [6.45, 7) is 11.3. The van der Waals surface area contributed by atoms with E-state index in [9.17, 15) is 4.79 Å². The fourth-order valence-corrected chi connectivity index (χ4v) is 1.77. The lowest BCUT2D eigenvalue weighted by Crippen LogP contribution is -2.34. The van der Waals surface area contributed by atoms with Gasteiger partial charge in [-0.05, 0) is 31.9 Å². The third kappa shape index (κ3) is 3.84. The predicted octanol–water partition coefficient (Wildman–Crippen LogP) is 3.16. The molecule has 0 aliphatic rings. The molecule has 1 rings (SSSR count). The fourth-order valence-electron chi connectivity index (χ4n) is 1.77. The highest BCUT2D eigenvalue weighted by atomic mass is 16.1. The van der Waals surface area contributed by atoms with Gasteiger partial charge in [-0.1, -0.05) is 13.8 Å². The molecule has 1 aromatic rings. The zero-order chi connectivity index (χ0) is 13.0. The van der Waals surface area contributed by atoms with Gasteiger partial charge in [0.15, 0.2) is 5.78 Å². The van der Waals surface area contributed by atoms with Crippen LogP contribution >= 0.6 is 0 Å². The fraction of sp³-hybridized carbons (Fsp3) is 0.571. The Labute approximate surface area is 104 Å². The van der Waals surface area contributed by atoms with E-state index in [2.05, 4.69) is 37.6 Å². The number of anilines is 1. The molecule has 3 heteroatoms. The minimum atomic E-state index is 0.0107. The molecule has 17 heavy (non-hydrogen) atoms. The van der Waals surface area contributed by atoms with Gasteiger partial charge >= 0.3 is 0 Å². The van der Waals surface area contributed by atoms with Crippen molar-refractivity contribution in [2.45, 2.75) is 40.7 Å². The van der Waals surface area contributed by atoms with Crippen molar-refractivity contribution in [2.75, 3.05) is 11.4 Å². The summed E-state index contributed by atoms with van der Waals surface area (Å²) in [5, 5.41) is 0. The molecule has 3 nitrogen and oxygen atoms in total. The van der Waals surface area contributed by atoms with E-state index in [0.29, 0.717) is 17.7 Å². The molecule has 0 saturated heterocycles. The first-order valence-electron chi connectivity index (χ1n) is 6.15. The van der Waals surface area contributed by atoms with Gasteiger partial charge in [-0.25, -0.2) is 0 Å². The Balaban J connectivity index is 2.91. The van der Waals surface area contributed by atoms with E-state index in [-0.39, 0.29) is 5.78 Å². The van der Waals surface area contributed by atoms with Crippen molar-refractivity contribution in [3.63, 3.8) is 0 Å². The van der Waals surface area contributed by atoms with Crippen LogP contribution in [0.3, 0.4) is 0 Å². The summed E-state index contributed by atoms with van der Waals surface area (Å²) in [7, 11) is 0. The third-order valence-electron chi connectivity index (χ3n) is 2.63. The molecule has 0 atom stereocenters. The van der Waals surface area contributed by atoms with Crippen LogP contribution in [0.1, 0.15) is 45.1 Å². The van der Waals surface area contributed by atoms with E-state index < -0.39 is 0 Å². The summed E-state index contributed by atoms with van der Waals surface area (Å²) in [6, 6.07) is 4.21. The molecule has 0 aliphatic heterocycles. The van der Waals surface area contributed by atoms with E-state index in [4.69, 9.17) is 0 Å². The van der Waals surface area contributed by atoms with Gasteiger partial charge in [-0.3, -0.25) is 9.78 Å². The highest BCUT2D eigenvalue weighted by molar-refractivity contribution is 5.92. The second-order valence-electron chi connectivity index (χ2n) is 5.10. The van der Waals surface area contributed by atoms with Gasteiger partial charge in [-0.2, -0.15) is 0 Å². The second kappa shape index (κ2) is 5.80. The number of carbonyl (C=O) groups excluding carboxylic acids is 1. The molecule has 0 aromatic carbocycles. The largest absolute Gasteiger partial charge is 0.368 e. The van der Waals surface area contributed by atoms with E-state index in [1.165, 1.54) is 6.92 Å². The average Bonchev–Trinajstić information content (AvgIpc) is 2.25. The predicted molar refractivity (Wildman–Crippen MR) is 71.6 cm³/mol. The number of pyridine rings is 1. The monoisotopic (exact) mass is 234 g/mol. The van der Waals surface area contributed by atoms with E-state index >= 15 is 0 Å². The number of nitrogens with zero attached hydrogens (tertiary/aromatic N) is 2. The van der Waals surface area contributed by atoms with Gasteiger partial charge in [0.25, 0.3) is 0 Å². The summed E-state index contributed by atoms with van der Waals surface area (Å²) < 4.78 is 0. The quantitative estimate of drug-likeness (QED) is 0.734. The normalized spacial score (nSPS) is 11.0. The summed E-state index contributed by atoms with van der Waals surface area (Å²) >= 11 is 0. The maximum atomic E-state index is 11.2. The molecule has 0 aliphatic carbocycles. The van der Waals surface area contributed by atoms with E-state index in [1.54, 1.807) is 12.3 Å². The van der Waals surface area contributed by atoms with Crippen LogP contribution in [0.25, 0.3) is 0 Å². The number of carbonyl (C=O) groups is 1. The molecule has 0 amide bonds. The Morgan fingerprint density at radius 3 is 2.29 bits per heavy atom. The van der Waals surface area contributed by atoms with Crippen LogP contribution in [0.5, 0.6) is 0 Å². The maximum absolute atomic E-state index is 11.2. The van der Waals surface area contributed by atoms with Crippen LogP contribution in [0.4, 0.5) is 5.69 Å². The lowest BCUT2D eigenvalue weighted by Gasteiger charge is -2.30. The van der Waals surface area contributed by atoms with Crippen molar-refractivity contribution < 1.29 is 4.79 Å². The third-order valence-corrected chi connectivity index (χ3v) is 2.63. The lowest BCUT2D eigenvalue weighted by atomic mass is 10.1. The van der Waals surface area contributed by atoms with Gasteiger partial charge < -0.3 is 4.90 Å². The number of ketones is 1. The number of aromatic nitrogens is 1. The van der Waals surface area contributed by atoms with Crippen molar-refractivity contribution in [3.8, 4) is 0 Å². The van der Waals surface area contributed by atoms with Gasteiger partial charge in [0.05, 0.1) is 11.9 Å². The van der Waals surface area contributed by atoms with Crippen molar-refractivity contribution in [1.29, 1.82) is 0 Å². The van der Waals surface area contributed by atoms with Crippen molar-refractivity contribution in [2.24, 2.45) is 5.92 Å². The van der Waals surface area contributed by atoms with Crippen LogP contribution in [0, 0.1) is 5.92 Å². The first-order chi connectivity index (χ1) is 7.91. The van der Waals surface area contributed by atoms with Crippen LogP contribution in [-0.2, 0) is 0 Å². The van der Waals surface area contributed by atoms with Gasteiger partial charge in [0, 0.05) is 19.5 Å².